The maximum Gasteiger partial charge on any atom is 0.332 e. The Balaban J connectivity index is 3.13. The molecule has 0 aliphatic heterocycles. The Kier molecular flexibility index (Phi) is 3.78. The molecule has 0 radical (unpaired) electrons. The quantitative estimate of drug-likeness (QED) is 0.643. The second-order valence-electron chi connectivity index (χ2n) is 4.75. The summed E-state index contributed by atoms with van der Waals surface area (Å²) in [4.78, 5) is 25.6. The Morgan fingerprint density at radius 1 is 1.35 bits per heavy atom. The van der Waals surface area contributed by atoms with Gasteiger partial charge in [-0.3, -0.25) is 9.78 Å². The summed E-state index contributed by atoms with van der Waals surface area (Å²) in [6.45, 7) is 5.48. The van der Waals surface area contributed by atoms with Crippen molar-refractivity contribution in [2.45, 2.75) is 20.8 Å². The van der Waals surface area contributed by atoms with Crippen LogP contribution in [0.3, 0.4) is 0 Å². The van der Waals surface area contributed by atoms with Gasteiger partial charge in [0.05, 0.1) is 5.69 Å². The van der Waals surface area contributed by atoms with E-state index >= 15 is 0 Å². The number of hydrogen-bond donors (Lipinski definition) is 1. The van der Waals surface area contributed by atoms with Gasteiger partial charge in [0.15, 0.2) is 6.29 Å². The summed E-state index contributed by atoms with van der Waals surface area (Å²) in [7, 11) is 0. The van der Waals surface area contributed by atoms with Gasteiger partial charge in [-0.2, -0.15) is 0 Å². The van der Waals surface area contributed by atoms with Crippen molar-refractivity contribution >= 4 is 18.3 Å². The minimum Gasteiger partial charge on any atom is -0.478 e. The van der Waals surface area contributed by atoms with E-state index in [2.05, 4.69) is 4.98 Å². The molecule has 0 unspecified atom stereocenters. The number of pyridine rings is 1. The van der Waals surface area contributed by atoms with Crippen LogP contribution in [0.15, 0.2) is 23.9 Å². The third-order valence-electron chi connectivity index (χ3n) is 2.28. The molecule has 0 amide bonds. The number of rotatable bonds is 3. The molecule has 1 aromatic rings. The topological polar surface area (TPSA) is 67.3 Å². The van der Waals surface area contributed by atoms with Crippen LogP contribution in [0.25, 0.3) is 6.08 Å². The zero-order valence-electron chi connectivity index (χ0n) is 10.1. The van der Waals surface area contributed by atoms with Gasteiger partial charge in [0.25, 0.3) is 0 Å². The summed E-state index contributed by atoms with van der Waals surface area (Å²) >= 11 is 0. The van der Waals surface area contributed by atoms with Crippen LogP contribution in [0.1, 0.15) is 36.8 Å². The van der Waals surface area contributed by atoms with E-state index < -0.39 is 11.4 Å². The fourth-order valence-electron chi connectivity index (χ4n) is 1.32. The first kappa shape index (κ1) is 13.1. The monoisotopic (exact) mass is 233 g/mol. The summed E-state index contributed by atoms with van der Waals surface area (Å²) in [5.41, 5.74) is 0.818. The van der Waals surface area contributed by atoms with E-state index in [9.17, 15) is 9.59 Å². The first-order chi connectivity index (χ1) is 7.84. The molecule has 0 aliphatic rings. The molecule has 0 aromatic carbocycles. The minimum absolute atomic E-state index is 0.281. The molecule has 0 saturated carbocycles. The average molecular weight is 233 g/mol. The van der Waals surface area contributed by atoms with Crippen molar-refractivity contribution in [1.82, 2.24) is 4.98 Å². The van der Waals surface area contributed by atoms with E-state index in [1.807, 2.05) is 20.8 Å². The van der Waals surface area contributed by atoms with Crippen molar-refractivity contribution in [3.63, 3.8) is 0 Å². The number of nitrogens with zero attached hydrogens (tertiary/aromatic N) is 1. The fourth-order valence-corrected chi connectivity index (χ4v) is 1.32. The third kappa shape index (κ3) is 3.52. The van der Waals surface area contributed by atoms with E-state index in [-0.39, 0.29) is 5.57 Å². The van der Waals surface area contributed by atoms with E-state index in [4.69, 9.17) is 5.11 Å². The Morgan fingerprint density at radius 3 is 2.35 bits per heavy atom. The molecule has 1 rings (SSSR count). The number of aliphatic carboxylic acids is 1. The van der Waals surface area contributed by atoms with Crippen molar-refractivity contribution in [1.29, 1.82) is 0 Å². The van der Waals surface area contributed by atoms with Gasteiger partial charge >= 0.3 is 5.97 Å². The van der Waals surface area contributed by atoms with Gasteiger partial charge in [-0.25, -0.2) is 4.79 Å². The zero-order chi connectivity index (χ0) is 13.1. The lowest BCUT2D eigenvalue weighted by Crippen LogP contribution is -2.17. The standard InChI is InChI=1S/C13H15NO3/c1-13(2,3)11(12(16)17)6-10-5-4-9(8-15)7-14-10/h4-8H,1-3H3,(H,16,17). The maximum absolute atomic E-state index is 11.1. The predicted octanol–water partition coefficient (Wildman–Crippen LogP) is 2.41. The number of aromatic nitrogens is 1. The molecule has 1 N–H and O–H groups in total. The number of carboxylic acids is 1. The molecule has 0 saturated heterocycles. The number of carbonyl (C=O) groups excluding carboxylic acids is 1. The smallest absolute Gasteiger partial charge is 0.332 e. The van der Waals surface area contributed by atoms with E-state index in [1.165, 1.54) is 12.3 Å². The summed E-state index contributed by atoms with van der Waals surface area (Å²) < 4.78 is 0. The van der Waals surface area contributed by atoms with Crippen molar-refractivity contribution in [2.24, 2.45) is 5.41 Å². The van der Waals surface area contributed by atoms with Crippen molar-refractivity contribution in [3.05, 3.63) is 35.2 Å². The highest BCUT2D eigenvalue weighted by atomic mass is 16.4. The third-order valence-corrected chi connectivity index (χ3v) is 2.28. The molecule has 0 spiro atoms. The second kappa shape index (κ2) is 4.91. The molecular weight excluding hydrogens is 218 g/mol. The fraction of sp³-hybridized carbons (Fsp3) is 0.308. The second-order valence-corrected chi connectivity index (χ2v) is 4.75. The Morgan fingerprint density at radius 2 is 2.00 bits per heavy atom. The van der Waals surface area contributed by atoms with Crippen LogP contribution >= 0.6 is 0 Å². The lowest BCUT2D eigenvalue weighted by Gasteiger charge is -2.19. The molecule has 0 aliphatic carbocycles. The molecular formula is C13H15NO3. The molecule has 0 fully saturated rings. The first-order valence-electron chi connectivity index (χ1n) is 5.21. The highest BCUT2D eigenvalue weighted by Gasteiger charge is 2.23. The van der Waals surface area contributed by atoms with Crippen LogP contribution in [0, 0.1) is 5.41 Å². The van der Waals surface area contributed by atoms with E-state index in [0.29, 0.717) is 17.5 Å². The lowest BCUT2D eigenvalue weighted by atomic mass is 9.86. The summed E-state index contributed by atoms with van der Waals surface area (Å²) in [5, 5.41) is 9.12. The maximum atomic E-state index is 11.1. The van der Waals surface area contributed by atoms with Crippen molar-refractivity contribution in [2.75, 3.05) is 0 Å². The largest absolute Gasteiger partial charge is 0.478 e. The molecule has 4 heteroatoms. The SMILES string of the molecule is CC(C)(C)C(=Cc1ccc(C=O)cn1)C(=O)O. The highest BCUT2D eigenvalue weighted by Crippen LogP contribution is 2.26. The van der Waals surface area contributed by atoms with E-state index in [0.717, 1.165) is 0 Å². The van der Waals surface area contributed by atoms with Crippen LogP contribution < -0.4 is 0 Å². The van der Waals surface area contributed by atoms with Gasteiger partial charge in [0.1, 0.15) is 0 Å². The van der Waals surface area contributed by atoms with Crippen LogP contribution in [0.2, 0.25) is 0 Å². The predicted molar refractivity (Wildman–Crippen MR) is 64.7 cm³/mol. The Labute approximate surface area is 100.0 Å². The van der Waals surface area contributed by atoms with Gasteiger partial charge in [-0.15, -0.1) is 0 Å². The molecule has 1 aromatic heterocycles. The normalized spacial score (nSPS) is 12.3. The number of carbonyl (C=O) groups is 2. The van der Waals surface area contributed by atoms with Crippen LogP contribution in [-0.2, 0) is 4.79 Å². The number of carboxylic acid groups (broad SMARTS) is 1. The van der Waals surface area contributed by atoms with Crippen LogP contribution in [0.5, 0.6) is 0 Å². The number of aldehydes is 1. The molecule has 0 atom stereocenters. The molecule has 0 bridgehead atoms. The molecule has 90 valence electrons. The van der Waals surface area contributed by atoms with Gasteiger partial charge < -0.3 is 5.11 Å². The van der Waals surface area contributed by atoms with Gasteiger partial charge in [-0.05, 0) is 23.6 Å². The van der Waals surface area contributed by atoms with Gasteiger partial charge in [-0.1, -0.05) is 20.8 Å². The number of hydrogen-bond acceptors (Lipinski definition) is 3. The van der Waals surface area contributed by atoms with Crippen molar-refractivity contribution < 1.29 is 14.7 Å². The lowest BCUT2D eigenvalue weighted by molar-refractivity contribution is -0.133. The summed E-state index contributed by atoms with van der Waals surface area (Å²) in [6, 6.07) is 3.23. The molecule has 17 heavy (non-hydrogen) atoms. The summed E-state index contributed by atoms with van der Waals surface area (Å²) in [5.74, 6) is -0.959. The van der Waals surface area contributed by atoms with Gasteiger partial charge in [0.2, 0.25) is 0 Å². The van der Waals surface area contributed by atoms with Crippen LogP contribution in [-0.4, -0.2) is 22.3 Å². The average Bonchev–Trinajstić information content (AvgIpc) is 2.24. The zero-order valence-corrected chi connectivity index (χ0v) is 10.1. The first-order valence-corrected chi connectivity index (χ1v) is 5.21. The highest BCUT2D eigenvalue weighted by molar-refractivity contribution is 5.93. The minimum atomic E-state index is -0.959. The van der Waals surface area contributed by atoms with E-state index in [1.54, 1.807) is 12.1 Å². The van der Waals surface area contributed by atoms with Crippen LogP contribution in [0.4, 0.5) is 0 Å². The molecule has 1 heterocycles. The van der Waals surface area contributed by atoms with Gasteiger partial charge in [0, 0.05) is 17.3 Å². The summed E-state index contributed by atoms with van der Waals surface area (Å²) in [6.07, 6.45) is 3.64. The molecule has 4 nitrogen and oxygen atoms in total. The van der Waals surface area contributed by atoms with Crippen molar-refractivity contribution in [3.8, 4) is 0 Å². The Hall–Kier alpha value is -1.97. The Bertz CT molecular complexity index is 453.